The molecule has 0 radical (unpaired) electrons. The summed E-state index contributed by atoms with van der Waals surface area (Å²) in [6.07, 6.45) is 0. The van der Waals surface area contributed by atoms with Gasteiger partial charge in [-0.05, 0) is 19.4 Å². The predicted octanol–water partition coefficient (Wildman–Crippen LogP) is 0.679. The number of ether oxygens (including phenoxy) is 1. The van der Waals surface area contributed by atoms with Crippen molar-refractivity contribution in [1.82, 2.24) is 21.1 Å². The minimum absolute atomic E-state index is 0.0118. The lowest BCUT2D eigenvalue weighted by atomic mass is 9.93. The number of morpholine rings is 1. The molecule has 0 spiro atoms. The molecule has 0 bridgehead atoms. The Labute approximate surface area is 143 Å². The molecule has 132 valence electrons. The monoisotopic (exact) mass is 332 g/mol. The van der Waals surface area contributed by atoms with Crippen LogP contribution < -0.4 is 16.2 Å². The second kappa shape index (κ2) is 7.61. The van der Waals surface area contributed by atoms with Crippen LogP contribution >= 0.6 is 0 Å². The van der Waals surface area contributed by atoms with Crippen LogP contribution in [0.1, 0.15) is 25.5 Å². The van der Waals surface area contributed by atoms with Gasteiger partial charge in [-0.25, -0.2) is 5.43 Å². The molecule has 2 aliphatic rings. The molecule has 0 saturated carbocycles. The fraction of sp³-hybridized carbons (Fsp3) is 0.611. The third-order valence-electron chi connectivity index (χ3n) is 5.04. The summed E-state index contributed by atoms with van der Waals surface area (Å²) in [5.41, 5.74) is 7.42. The zero-order valence-corrected chi connectivity index (χ0v) is 14.5. The fourth-order valence-electron chi connectivity index (χ4n) is 3.43. The molecule has 24 heavy (non-hydrogen) atoms. The highest BCUT2D eigenvalue weighted by molar-refractivity contribution is 5.80. The van der Waals surface area contributed by atoms with Crippen LogP contribution in [0.4, 0.5) is 0 Å². The number of nitrogens with zero attached hydrogens (tertiary/aromatic N) is 1. The molecular formula is C18H28N4O2. The molecule has 2 fully saturated rings. The van der Waals surface area contributed by atoms with E-state index < -0.39 is 0 Å². The Bertz CT molecular complexity index is 543. The van der Waals surface area contributed by atoms with Crippen molar-refractivity contribution in [3.05, 3.63) is 35.9 Å². The fourth-order valence-corrected chi connectivity index (χ4v) is 3.43. The van der Waals surface area contributed by atoms with E-state index in [0.717, 1.165) is 31.9 Å². The Hall–Kier alpha value is -1.47. The van der Waals surface area contributed by atoms with Crippen molar-refractivity contribution in [2.45, 2.75) is 25.4 Å². The van der Waals surface area contributed by atoms with Gasteiger partial charge in [0.2, 0.25) is 5.91 Å². The maximum atomic E-state index is 12.7. The summed E-state index contributed by atoms with van der Waals surface area (Å²) in [6, 6.07) is 10.1. The van der Waals surface area contributed by atoms with Crippen molar-refractivity contribution >= 4 is 5.91 Å². The van der Waals surface area contributed by atoms with Crippen LogP contribution in [0.3, 0.4) is 0 Å². The van der Waals surface area contributed by atoms with Gasteiger partial charge in [0.15, 0.2) is 0 Å². The smallest absolute Gasteiger partial charge is 0.226 e. The van der Waals surface area contributed by atoms with Crippen molar-refractivity contribution < 1.29 is 9.53 Å². The lowest BCUT2D eigenvalue weighted by Gasteiger charge is -2.41. The number of amides is 1. The molecule has 2 heterocycles. The highest BCUT2D eigenvalue weighted by Gasteiger charge is 2.35. The second-order valence-electron chi connectivity index (χ2n) is 7.15. The molecule has 0 aliphatic carbocycles. The van der Waals surface area contributed by atoms with Crippen LogP contribution in [0, 0.1) is 5.92 Å². The topological polar surface area (TPSA) is 65.6 Å². The van der Waals surface area contributed by atoms with Gasteiger partial charge in [0, 0.05) is 31.7 Å². The first-order valence-electron chi connectivity index (χ1n) is 8.72. The molecule has 1 aromatic carbocycles. The van der Waals surface area contributed by atoms with E-state index in [4.69, 9.17) is 4.74 Å². The van der Waals surface area contributed by atoms with Gasteiger partial charge in [-0.3, -0.25) is 15.1 Å². The summed E-state index contributed by atoms with van der Waals surface area (Å²) in [4.78, 5) is 15.1. The van der Waals surface area contributed by atoms with Gasteiger partial charge in [-0.2, -0.15) is 0 Å². The lowest BCUT2D eigenvalue weighted by molar-refractivity contribution is -0.125. The zero-order chi connectivity index (χ0) is 17.0. The Kier molecular flexibility index (Phi) is 5.50. The highest BCUT2D eigenvalue weighted by atomic mass is 16.5. The summed E-state index contributed by atoms with van der Waals surface area (Å²) >= 11 is 0. The first-order chi connectivity index (χ1) is 11.6. The molecular weight excluding hydrogens is 304 g/mol. The second-order valence-corrected chi connectivity index (χ2v) is 7.15. The molecule has 1 aromatic rings. The molecule has 3 rings (SSSR count). The van der Waals surface area contributed by atoms with E-state index in [9.17, 15) is 4.79 Å². The van der Waals surface area contributed by atoms with Gasteiger partial charge >= 0.3 is 0 Å². The van der Waals surface area contributed by atoms with E-state index in [2.05, 4.69) is 47.0 Å². The van der Waals surface area contributed by atoms with Crippen LogP contribution in [-0.2, 0) is 9.53 Å². The minimum Gasteiger partial charge on any atom is -0.379 e. The number of hydrogen-bond donors (Lipinski definition) is 3. The minimum atomic E-state index is -0.104. The Morgan fingerprint density at radius 1 is 1.29 bits per heavy atom. The maximum absolute atomic E-state index is 12.7. The summed E-state index contributed by atoms with van der Waals surface area (Å²) < 4.78 is 5.42. The van der Waals surface area contributed by atoms with Crippen LogP contribution in [0.25, 0.3) is 0 Å². The number of carbonyl (C=O) groups is 1. The van der Waals surface area contributed by atoms with Crippen LogP contribution in [-0.4, -0.2) is 55.7 Å². The van der Waals surface area contributed by atoms with Gasteiger partial charge in [-0.15, -0.1) is 0 Å². The van der Waals surface area contributed by atoms with E-state index in [1.165, 1.54) is 0 Å². The quantitative estimate of drug-likeness (QED) is 0.740. The molecule has 3 N–H and O–H groups in total. The zero-order valence-electron chi connectivity index (χ0n) is 14.5. The third kappa shape index (κ3) is 3.95. The number of rotatable bonds is 5. The van der Waals surface area contributed by atoms with Crippen molar-refractivity contribution in [2.75, 3.05) is 39.4 Å². The summed E-state index contributed by atoms with van der Waals surface area (Å²) in [6.45, 7) is 9.02. The van der Waals surface area contributed by atoms with Gasteiger partial charge in [0.05, 0.1) is 25.2 Å². The van der Waals surface area contributed by atoms with Gasteiger partial charge < -0.3 is 10.1 Å². The summed E-state index contributed by atoms with van der Waals surface area (Å²) in [5, 5.41) is 3.16. The lowest BCUT2D eigenvalue weighted by Crippen LogP contribution is -2.56. The SMILES string of the molecule is CC(C)(CNC(=O)C1CNNC1c1ccccc1)N1CCOCC1. The average molecular weight is 332 g/mol. The molecule has 2 atom stereocenters. The molecule has 2 saturated heterocycles. The molecule has 6 nitrogen and oxygen atoms in total. The maximum Gasteiger partial charge on any atom is 0.226 e. The summed E-state index contributed by atoms with van der Waals surface area (Å²) in [5.74, 6) is -0.00410. The molecule has 2 aliphatic heterocycles. The Morgan fingerprint density at radius 2 is 2.00 bits per heavy atom. The number of nitrogens with one attached hydrogen (secondary N) is 3. The van der Waals surface area contributed by atoms with E-state index in [-0.39, 0.29) is 23.4 Å². The number of benzene rings is 1. The summed E-state index contributed by atoms with van der Waals surface area (Å²) in [7, 11) is 0. The predicted molar refractivity (Wildman–Crippen MR) is 93.3 cm³/mol. The van der Waals surface area contributed by atoms with Crippen molar-refractivity contribution in [3.8, 4) is 0 Å². The normalized spacial score (nSPS) is 25.6. The first kappa shape index (κ1) is 17.4. The largest absolute Gasteiger partial charge is 0.379 e. The molecule has 6 heteroatoms. The van der Waals surface area contributed by atoms with Gasteiger partial charge in [-0.1, -0.05) is 30.3 Å². The van der Waals surface area contributed by atoms with Crippen LogP contribution in [0.5, 0.6) is 0 Å². The number of hydrazine groups is 1. The van der Waals surface area contributed by atoms with Gasteiger partial charge in [0.1, 0.15) is 0 Å². The van der Waals surface area contributed by atoms with Crippen molar-refractivity contribution in [3.63, 3.8) is 0 Å². The van der Waals surface area contributed by atoms with E-state index in [0.29, 0.717) is 13.1 Å². The average Bonchev–Trinajstić information content (AvgIpc) is 3.11. The highest BCUT2D eigenvalue weighted by Crippen LogP contribution is 2.25. The van der Waals surface area contributed by atoms with E-state index in [1.807, 2.05) is 18.2 Å². The van der Waals surface area contributed by atoms with Crippen LogP contribution in [0.2, 0.25) is 0 Å². The molecule has 2 unspecified atom stereocenters. The van der Waals surface area contributed by atoms with Crippen molar-refractivity contribution in [1.29, 1.82) is 0 Å². The standard InChI is InChI=1S/C18H28N4O2/c1-18(2,22-8-10-24-11-9-22)13-19-17(23)15-12-20-21-16(15)14-6-4-3-5-7-14/h3-7,15-16,20-21H,8-13H2,1-2H3,(H,19,23). The van der Waals surface area contributed by atoms with E-state index >= 15 is 0 Å². The Balaban J connectivity index is 1.58. The third-order valence-corrected chi connectivity index (χ3v) is 5.04. The number of carbonyl (C=O) groups excluding carboxylic acids is 1. The van der Waals surface area contributed by atoms with Crippen molar-refractivity contribution in [2.24, 2.45) is 5.92 Å². The first-order valence-corrected chi connectivity index (χ1v) is 8.72. The molecule has 0 aromatic heterocycles. The van der Waals surface area contributed by atoms with Crippen LogP contribution in [0.15, 0.2) is 30.3 Å². The van der Waals surface area contributed by atoms with E-state index in [1.54, 1.807) is 0 Å². The van der Waals surface area contributed by atoms with Gasteiger partial charge in [0.25, 0.3) is 0 Å². The molecule has 1 amide bonds. The number of hydrogen-bond acceptors (Lipinski definition) is 5. The Morgan fingerprint density at radius 3 is 2.71 bits per heavy atom.